The number of amides is 1. The highest BCUT2D eigenvalue weighted by atomic mass is 32.2. The average Bonchev–Trinajstić information content (AvgIpc) is 3.07. The van der Waals surface area contributed by atoms with E-state index >= 15 is 0 Å². The van der Waals surface area contributed by atoms with Gasteiger partial charge < -0.3 is 9.47 Å². The van der Waals surface area contributed by atoms with Gasteiger partial charge in [0.1, 0.15) is 11.6 Å². The molecule has 1 saturated heterocycles. The van der Waals surface area contributed by atoms with Gasteiger partial charge in [-0.25, -0.2) is 13.6 Å². The van der Waals surface area contributed by atoms with E-state index in [2.05, 4.69) is 0 Å². The number of hydrogen-bond donors (Lipinski definition) is 0. The second-order valence-electron chi connectivity index (χ2n) is 6.78. The Morgan fingerprint density at radius 1 is 1.03 bits per heavy atom. The number of rotatable bonds is 5. The van der Waals surface area contributed by atoms with Crippen LogP contribution >= 0.6 is 24.0 Å². The lowest BCUT2D eigenvalue weighted by atomic mass is 10.1. The second kappa shape index (κ2) is 9.51. The molecule has 0 aromatic heterocycles. The van der Waals surface area contributed by atoms with Gasteiger partial charge in [-0.1, -0.05) is 48.2 Å². The molecule has 33 heavy (non-hydrogen) atoms. The Morgan fingerprint density at radius 3 is 2.55 bits per heavy atom. The quantitative estimate of drug-likeness (QED) is 0.204. The first-order valence-corrected chi connectivity index (χ1v) is 10.8. The summed E-state index contributed by atoms with van der Waals surface area (Å²) >= 11 is 6.38. The summed E-state index contributed by atoms with van der Waals surface area (Å²) in [6.07, 6.45) is 1.60. The van der Waals surface area contributed by atoms with Crippen LogP contribution in [0.5, 0.6) is 11.5 Å². The Bertz CT molecular complexity index is 1310. The van der Waals surface area contributed by atoms with Crippen LogP contribution in [0.1, 0.15) is 15.9 Å². The predicted octanol–water partition coefficient (Wildman–Crippen LogP) is 5.60. The fourth-order valence-electron chi connectivity index (χ4n) is 3.10. The molecule has 3 aromatic carbocycles. The molecular weight excluding hydrogens is 468 g/mol. The van der Waals surface area contributed by atoms with Gasteiger partial charge in [-0.2, -0.15) is 0 Å². The van der Waals surface area contributed by atoms with E-state index in [1.807, 2.05) is 0 Å². The molecule has 0 N–H and O–H groups in total. The van der Waals surface area contributed by atoms with Crippen LogP contribution in [-0.2, 0) is 4.79 Å². The molecule has 1 aliphatic rings. The molecule has 1 amide bonds. The summed E-state index contributed by atoms with van der Waals surface area (Å²) in [6, 6.07) is 15.8. The molecule has 166 valence electrons. The first-order chi connectivity index (χ1) is 15.9. The summed E-state index contributed by atoms with van der Waals surface area (Å²) in [5.41, 5.74) is 0.718. The van der Waals surface area contributed by atoms with E-state index < -0.39 is 17.6 Å². The highest BCUT2D eigenvalue weighted by Crippen LogP contribution is 2.37. The predicted molar refractivity (Wildman–Crippen MR) is 126 cm³/mol. The van der Waals surface area contributed by atoms with E-state index in [1.165, 1.54) is 54.5 Å². The number of thiocarbonyl (C=S) groups is 1. The number of nitrogens with zero attached hydrogens (tertiary/aromatic N) is 1. The maximum atomic E-state index is 13.9. The highest BCUT2D eigenvalue weighted by Gasteiger charge is 2.33. The van der Waals surface area contributed by atoms with Gasteiger partial charge in [0.05, 0.1) is 23.3 Å². The van der Waals surface area contributed by atoms with Crippen molar-refractivity contribution in [3.05, 3.63) is 94.4 Å². The van der Waals surface area contributed by atoms with Crippen LogP contribution in [0.25, 0.3) is 6.08 Å². The molecule has 0 unspecified atom stereocenters. The largest absolute Gasteiger partial charge is 0.493 e. The number of carbonyl (C=O) groups is 2. The third-order valence-corrected chi connectivity index (χ3v) is 5.94. The maximum absolute atomic E-state index is 13.9. The fourth-order valence-corrected chi connectivity index (χ4v) is 4.40. The normalized spacial score (nSPS) is 14.6. The molecule has 1 aliphatic heterocycles. The SMILES string of the molecule is COc1cc(/C=C2/SC(=S)N(c3cccc(F)c3)C2=O)ccc1OC(=O)c1ccccc1F. The number of thioether (sulfide) groups is 1. The second-order valence-corrected chi connectivity index (χ2v) is 8.45. The Morgan fingerprint density at radius 2 is 1.82 bits per heavy atom. The van der Waals surface area contributed by atoms with E-state index in [-0.39, 0.29) is 27.3 Å². The molecule has 0 spiro atoms. The minimum absolute atomic E-state index is 0.0928. The van der Waals surface area contributed by atoms with Crippen LogP contribution < -0.4 is 14.4 Å². The number of carbonyl (C=O) groups excluding carboxylic acids is 2. The first kappa shape index (κ1) is 22.6. The van der Waals surface area contributed by atoms with Crippen molar-refractivity contribution in [3.63, 3.8) is 0 Å². The third kappa shape index (κ3) is 4.79. The third-order valence-electron chi connectivity index (χ3n) is 4.64. The van der Waals surface area contributed by atoms with E-state index in [0.717, 1.165) is 17.8 Å². The zero-order chi connectivity index (χ0) is 23.5. The fraction of sp³-hybridized carbons (Fsp3) is 0.0417. The molecule has 0 atom stereocenters. The summed E-state index contributed by atoms with van der Waals surface area (Å²) in [7, 11) is 1.39. The lowest BCUT2D eigenvalue weighted by Gasteiger charge is -2.14. The number of halogens is 2. The van der Waals surface area contributed by atoms with Crippen molar-refractivity contribution in [3.8, 4) is 11.5 Å². The molecule has 3 aromatic rings. The molecule has 0 saturated carbocycles. The Hall–Kier alpha value is -3.56. The van der Waals surface area contributed by atoms with Crippen LogP contribution in [0.3, 0.4) is 0 Å². The number of ether oxygens (including phenoxy) is 2. The van der Waals surface area contributed by atoms with Gasteiger partial charge in [-0.3, -0.25) is 9.69 Å². The van der Waals surface area contributed by atoms with Crippen molar-refractivity contribution >= 4 is 51.9 Å². The van der Waals surface area contributed by atoms with Gasteiger partial charge in [-0.15, -0.1) is 0 Å². The zero-order valence-electron chi connectivity index (χ0n) is 17.1. The summed E-state index contributed by atoms with van der Waals surface area (Å²) in [5, 5.41) is 0. The lowest BCUT2D eigenvalue weighted by molar-refractivity contribution is -0.113. The number of hydrogen-bond acceptors (Lipinski definition) is 6. The molecule has 5 nitrogen and oxygen atoms in total. The van der Waals surface area contributed by atoms with E-state index in [1.54, 1.807) is 24.3 Å². The maximum Gasteiger partial charge on any atom is 0.346 e. The van der Waals surface area contributed by atoms with Crippen LogP contribution in [0.2, 0.25) is 0 Å². The Kier molecular flexibility index (Phi) is 6.52. The van der Waals surface area contributed by atoms with Crippen LogP contribution in [0.15, 0.2) is 71.6 Å². The summed E-state index contributed by atoms with van der Waals surface area (Å²) in [6.45, 7) is 0. The number of methoxy groups -OCH3 is 1. The van der Waals surface area contributed by atoms with Crippen LogP contribution in [-0.4, -0.2) is 23.3 Å². The summed E-state index contributed by atoms with van der Waals surface area (Å²) < 4.78 is 38.3. The van der Waals surface area contributed by atoms with Crippen molar-refractivity contribution in [1.82, 2.24) is 0 Å². The van der Waals surface area contributed by atoms with Crippen molar-refractivity contribution in [2.75, 3.05) is 12.0 Å². The van der Waals surface area contributed by atoms with Crippen LogP contribution in [0.4, 0.5) is 14.5 Å². The minimum Gasteiger partial charge on any atom is -0.493 e. The van der Waals surface area contributed by atoms with Gasteiger partial charge in [0.25, 0.3) is 5.91 Å². The molecule has 9 heteroatoms. The highest BCUT2D eigenvalue weighted by molar-refractivity contribution is 8.27. The van der Waals surface area contributed by atoms with Gasteiger partial charge in [0.15, 0.2) is 15.8 Å². The van der Waals surface area contributed by atoms with E-state index in [0.29, 0.717) is 16.2 Å². The molecule has 4 rings (SSSR count). The molecule has 1 fully saturated rings. The smallest absolute Gasteiger partial charge is 0.346 e. The Balaban J connectivity index is 1.58. The molecule has 0 radical (unpaired) electrons. The number of benzene rings is 3. The molecular formula is C24H15F2NO4S2. The van der Waals surface area contributed by atoms with Crippen molar-refractivity contribution < 1.29 is 27.8 Å². The van der Waals surface area contributed by atoms with Crippen molar-refractivity contribution in [2.24, 2.45) is 0 Å². The van der Waals surface area contributed by atoms with Crippen molar-refractivity contribution in [2.45, 2.75) is 0 Å². The van der Waals surface area contributed by atoms with E-state index in [4.69, 9.17) is 21.7 Å². The van der Waals surface area contributed by atoms with Gasteiger partial charge in [-0.05, 0) is 54.1 Å². The number of anilines is 1. The Labute approximate surface area is 197 Å². The van der Waals surface area contributed by atoms with Gasteiger partial charge >= 0.3 is 5.97 Å². The van der Waals surface area contributed by atoms with Gasteiger partial charge in [0.2, 0.25) is 0 Å². The summed E-state index contributed by atoms with van der Waals surface area (Å²) in [4.78, 5) is 26.8. The minimum atomic E-state index is -0.866. The molecule has 1 heterocycles. The van der Waals surface area contributed by atoms with E-state index in [9.17, 15) is 18.4 Å². The monoisotopic (exact) mass is 483 g/mol. The molecule has 0 aliphatic carbocycles. The van der Waals surface area contributed by atoms with Crippen molar-refractivity contribution in [1.29, 1.82) is 0 Å². The van der Waals surface area contributed by atoms with Gasteiger partial charge in [0, 0.05) is 0 Å². The van der Waals surface area contributed by atoms with Crippen LogP contribution in [0, 0.1) is 11.6 Å². The zero-order valence-corrected chi connectivity index (χ0v) is 18.7. The lowest BCUT2D eigenvalue weighted by Crippen LogP contribution is -2.27. The standard InChI is InChI=1S/C24H15F2NO4S2/c1-30-20-11-14(9-10-19(20)31-23(29)17-7-2-3-8-18(17)26)12-21-22(28)27(24(32)33-21)16-6-4-5-15(25)13-16/h2-13H,1H3/b21-12+. The first-order valence-electron chi connectivity index (χ1n) is 9.55. The topological polar surface area (TPSA) is 55.8 Å². The molecule has 0 bridgehead atoms. The summed E-state index contributed by atoms with van der Waals surface area (Å²) in [5.74, 6) is -2.11. The average molecular weight is 484 g/mol. The number of esters is 1.